The van der Waals surface area contributed by atoms with Crippen molar-refractivity contribution in [3.05, 3.63) is 0 Å². The van der Waals surface area contributed by atoms with Crippen LogP contribution in [0.15, 0.2) is 0 Å². The van der Waals surface area contributed by atoms with Gasteiger partial charge in [0.15, 0.2) is 0 Å². The molecule has 1 aliphatic rings. The molecule has 1 saturated carbocycles. The predicted octanol–water partition coefficient (Wildman–Crippen LogP) is 3.67. The average Bonchev–Trinajstić information content (AvgIpc) is 2.14. The van der Waals surface area contributed by atoms with Crippen molar-refractivity contribution in [2.45, 2.75) is 52.9 Å². The molecule has 1 fully saturated rings. The number of rotatable bonds is 4. The molecule has 0 amide bonds. The molecule has 0 aliphatic heterocycles. The molecular weight excluding hydrogens is 172 g/mol. The first kappa shape index (κ1) is 11.7. The fourth-order valence-corrected chi connectivity index (χ4v) is 3.01. The summed E-state index contributed by atoms with van der Waals surface area (Å²) in [7, 11) is 0. The Kier molecular flexibility index (Phi) is 4.64. The van der Waals surface area contributed by atoms with Gasteiger partial charge in [-0.1, -0.05) is 27.2 Å². The van der Waals surface area contributed by atoms with Crippen molar-refractivity contribution >= 4 is 6.29 Å². The van der Waals surface area contributed by atoms with Crippen LogP contribution in [0.4, 0.5) is 0 Å². The van der Waals surface area contributed by atoms with Crippen LogP contribution in [0.1, 0.15) is 52.9 Å². The van der Waals surface area contributed by atoms with Crippen molar-refractivity contribution in [1.82, 2.24) is 0 Å². The lowest BCUT2D eigenvalue weighted by Gasteiger charge is -2.37. The van der Waals surface area contributed by atoms with Crippen LogP contribution >= 0.6 is 0 Å². The van der Waals surface area contributed by atoms with Gasteiger partial charge in [-0.2, -0.15) is 0 Å². The Morgan fingerprint density at radius 1 is 1.36 bits per heavy atom. The molecule has 0 aromatic rings. The molecular formula is C13H24O. The summed E-state index contributed by atoms with van der Waals surface area (Å²) in [5.41, 5.74) is 0. The zero-order chi connectivity index (χ0) is 10.6. The summed E-state index contributed by atoms with van der Waals surface area (Å²) < 4.78 is 0. The van der Waals surface area contributed by atoms with Crippen molar-refractivity contribution in [2.75, 3.05) is 0 Å². The fourth-order valence-electron chi connectivity index (χ4n) is 3.01. The van der Waals surface area contributed by atoms with Gasteiger partial charge in [-0.25, -0.2) is 0 Å². The molecule has 0 aromatic heterocycles. The maximum absolute atomic E-state index is 10.4. The standard InChI is InChI=1S/C13H24O/c1-10(2)13-7-6-11(3)9-12(13)5-4-8-14/h8,10-13H,4-7,9H2,1-3H3/t11-,12?,13+/m1/s1. The Morgan fingerprint density at radius 2 is 2.07 bits per heavy atom. The van der Waals surface area contributed by atoms with E-state index in [2.05, 4.69) is 20.8 Å². The molecule has 1 unspecified atom stereocenters. The van der Waals surface area contributed by atoms with E-state index in [0.29, 0.717) is 0 Å². The van der Waals surface area contributed by atoms with Crippen LogP contribution in [-0.4, -0.2) is 6.29 Å². The molecule has 0 saturated heterocycles. The molecule has 14 heavy (non-hydrogen) atoms. The van der Waals surface area contributed by atoms with Gasteiger partial charge in [0.1, 0.15) is 6.29 Å². The van der Waals surface area contributed by atoms with Crippen molar-refractivity contribution in [3.63, 3.8) is 0 Å². The SMILES string of the molecule is CC(C)[C@@H]1CC[C@@H](C)CC1CCC=O. The summed E-state index contributed by atoms with van der Waals surface area (Å²) in [4.78, 5) is 10.4. The topological polar surface area (TPSA) is 17.1 Å². The van der Waals surface area contributed by atoms with Crippen LogP contribution in [0.5, 0.6) is 0 Å². The molecule has 1 heteroatoms. The zero-order valence-corrected chi connectivity index (χ0v) is 9.83. The van der Waals surface area contributed by atoms with Crippen LogP contribution in [0, 0.1) is 23.7 Å². The van der Waals surface area contributed by atoms with E-state index >= 15 is 0 Å². The average molecular weight is 196 g/mol. The normalized spacial score (nSPS) is 33.3. The minimum atomic E-state index is 0.764. The quantitative estimate of drug-likeness (QED) is 0.627. The van der Waals surface area contributed by atoms with Gasteiger partial charge in [0, 0.05) is 6.42 Å². The second kappa shape index (κ2) is 5.53. The van der Waals surface area contributed by atoms with Crippen molar-refractivity contribution < 1.29 is 4.79 Å². The third-order valence-corrected chi connectivity index (χ3v) is 3.82. The molecule has 0 aromatic carbocycles. The van der Waals surface area contributed by atoms with E-state index in [0.717, 1.165) is 42.8 Å². The zero-order valence-electron chi connectivity index (χ0n) is 9.83. The second-order valence-electron chi connectivity index (χ2n) is 5.33. The Labute approximate surface area is 88.3 Å². The second-order valence-corrected chi connectivity index (χ2v) is 5.33. The van der Waals surface area contributed by atoms with Crippen molar-refractivity contribution in [2.24, 2.45) is 23.7 Å². The van der Waals surface area contributed by atoms with Crippen LogP contribution in [0.2, 0.25) is 0 Å². The summed E-state index contributed by atoms with van der Waals surface area (Å²) in [6.45, 7) is 7.01. The smallest absolute Gasteiger partial charge is 0.120 e. The molecule has 3 atom stereocenters. The van der Waals surface area contributed by atoms with E-state index in [1.807, 2.05) is 0 Å². The molecule has 0 bridgehead atoms. The van der Waals surface area contributed by atoms with Gasteiger partial charge in [0.2, 0.25) is 0 Å². The summed E-state index contributed by atoms with van der Waals surface area (Å²) in [5, 5.41) is 0. The maximum atomic E-state index is 10.4. The first-order valence-electron chi connectivity index (χ1n) is 6.08. The minimum absolute atomic E-state index is 0.764. The van der Waals surface area contributed by atoms with Gasteiger partial charge in [0.05, 0.1) is 0 Å². The van der Waals surface area contributed by atoms with Crippen LogP contribution < -0.4 is 0 Å². The van der Waals surface area contributed by atoms with Gasteiger partial charge in [-0.05, 0) is 42.9 Å². The molecule has 1 aliphatic carbocycles. The van der Waals surface area contributed by atoms with E-state index in [1.165, 1.54) is 19.3 Å². The third-order valence-electron chi connectivity index (χ3n) is 3.82. The lowest BCUT2D eigenvalue weighted by atomic mass is 9.69. The van der Waals surface area contributed by atoms with Gasteiger partial charge >= 0.3 is 0 Å². The molecule has 0 spiro atoms. The largest absolute Gasteiger partial charge is 0.303 e. The predicted molar refractivity (Wildman–Crippen MR) is 60.1 cm³/mol. The van der Waals surface area contributed by atoms with E-state index in [4.69, 9.17) is 0 Å². The third kappa shape index (κ3) is 3.11. The van der Waals surface area contributed by atoms with Gasteiger partial charge in [-0.15, -0.1) is 0 Å². The maximum Gasteiger partial charge on any atom is 0.120 e. The van der Waals surface area contributed by atoms with Crippen LogP contribution in [0.25, 0.3) is 0 Å². The van der Waals surface area contributed by atoms with E-state index in [1.54, 1.807) is 0 Å². The van der Waals surface area contributed by atoms with E-state index in [9.17, 15) is 4.79 Å². The van der Waals surface area contributed by atoms with Crippen molar-refractivity contribution in [3.8, 4) is 0 Å². The fraction of sp³-hybridized carbons (Fsp3) is 0.923. The summed E-state index contributed by atoms with van der Waals surface area (Å²) in [6.07, 6.45) is 7.08. The highest BCUT2D eigenvalue weighted by atomic mass is 16.1. The molecule has 0 N–H and O–H groups in total. The summed E-state index contributed by atoms with van der Waals surface area (Å²) in [6, 6.07) is 0. The Bertz CT molecular complexity index is 174. The van der Waals surface area contributed by atoms with Crippen LogP contribution in [0.3, 0.4) is 0 Å². The number of carbonyl (C=O) groups is 1. The Morgan fingerprint density at radius 3 is 2.64 bits per heavy atom. The number of carbonyl (C=O) groups excluding carboxylic acids is 1. The summed E-state index contributed by atoms with van der Waals surface area (Å²) in [5.74, 6) is 3.34. The van der Waals surface area contributed by atoms with Gasteiger partial charge in [-0.3, -0.25) is 0 Å². The lowest BCUT2D eigenvalue weighted by Crippen LogP contribution is -2.27. The molecule has 0 radical (unpaired) electrons. The molecule has 1 nitrogen and oxygen atoms in total. The first-order chi connectivity index (χ1) is 6.65. The lowest BCUT2D eigenvalue weighted by molar-refractivity contribution is -0.108. The van der Waals surface area contributed by atoms with Crippen molar-refractivity contribution in [1.29, 1.82) is 0 Å². The molecule has 1 rings (SSSR count). The highest BCUT2D eigenvalue weighted by Gasteiger charge is 2.29. The summed E-state index contributed by atoms with van der Waals surface area (Å²) >= 11 is 0. The Balaban J connectivity index is 2.49. The first-order valence-corrected chi connectivity index (χ1v) is 6.08. The van der Waals surface area contributed by atoms with Crippen LogP contribution in [-0.2, 0) is 4.79 Å². The molecule has 0 heterocycles. The van der Waals surface area contributed by atoms with Gasteiger partial charge in [0.25, 0.3) is 0 Å². The number of aldehydes is 1. The Hall–Kier alpha value is -0.330. The van der Waals surface area contributed by atoms with E-state index < -0.39 is 0 Å². The molecule has 82 valence electrons. The van der Waals surface area contributed by atoms with E-state index in [-0.39, 0.29) is 0 Å². The number of hydrogen-bond acceptors (Lipinski definition) is 1. The number of hydrogen-bond donors (Lipinski definition) is 0. The monoisotopic (exact) mass is 196 g/mol. The van der Waals surface area contributed by atoms with Gasteiger partial charge < -0.3 is 4.79 Å². The highest BCUT2D eigenvalue weighted by Crippen LogP contribution is 2.39. The highest BCUT2D eigenvalue weighted by molar-refractivity contribution is 5.49. The minimum Gasteiger partial charge on any atom is -0.303 e.